The zero-order valence-corrected chi connectivity index (χ0v) is 18.7. The third-order valence-electron chi connectivity index (χ3n) is 6.03. The predicted molar refractivity (Wildman–Crippen MR) is 123 cm³/mol. The molecule has 2 amide bonds. The van der Waals surface area contributed by atoms with Gasteiger partial charge in [-0.15, -0.1) is 0 Å². The highest BCUT2D eigenvalue weighted by Crippen LogP contribution is 2.22. The normalized spacial score (nSPS) is 14.3. The number of hydrogen-bond acceptors (Lipinski definition) is 4. The van der Waals surface area contributed by atoms with Crippen LogP contribution in [0.5, 0.6) is 0 Å². The zero-order valence-electron chi connectivity index (χ0n) is 18.7. The molecule has 1 fully saturated rings. The monoisotopic (exact) mass is 449 g/mol. The minimum Gasteiger partial charge on any atom is -0.356 e. The summed E-state index contributed by atoms with van der Waals surface area (Å²) in [6.07, 6.45) is 5.71. The van der Waals surface area contributed by atoms with Gasteiger partial charge in [-0.1, -0.05) is 12.1 Å². The quantitative estimate of drug-likeness (QED) is 0.601. The molecule has 33 heavy (non-hydrogen) atoms. The number of nitrogens with one attached hydrogen (secondary N) is 1. The van der Waals surface area contributed by atoms with Gasteiger partial charge >= 0.3 is 0 Å². The van der Waals surface area contributed by atoms with Crippen LogP contribution in [0.15, 0.2) is 54.9 Å². The fourth-order valence-corrected chi connectivity index (χ4v) is 4.11. The van der Waals surface area contributed by atoms with Gasteiger partial charge in [0.2, 0.25) is 11.8 Å². The van der Waals surface area contributed by atoms with Gasteiger partial charge in [0.25, 0.3) is 0 Å². The van der Waals surface area contributed by atoms with E-state index in [0.29, 0.717) is 32.0 Å². The molecule has 7 nitrogen and oxygen atoms in total. The molecule has 0 unspecified atom stereocenters. The van der Waals surface area contributed by atoms with E-state index in [0.717, 1.165) is 35.4 Å². The number of likely N-dealkylation sites (tertiary alicyclic amines) is 1. The van der Waals surface area contributed by atoms with E-state index < -0.39 is 0 Å². The van der Waals surface area contributed by atoms with Crippen molar-refractivity contribution in [1.82, 2.24) is 25.0 Å². The summed E-state index contributed by atoms with van der Waals surface area (Å²) in [4.78, 5) is 30.1. The van der Waals surface area contributed by atoms with Gasteiger partial charge < -0.3 is 10.2 Å². The van der Waals surface area contributed by atoms with Crippen LogP contribution in [-0.2, 0) is 22.6 Å². The Balaban J connectivity index is 1.47. The molecule has 0 atom stereocenters. The van der Waals surface area contributed by atoms with Gasteiger partial charge in [-0.25, -0.2) is 4.39 Å². The first-order valence-electron chi connectivity index (χ1n) is 11.2. The van der Waals surface area contributed by atoms with Crippen LogP contribution in [0.1, 0.15) is 31.0 Å². The Morgan fingerprint density at radius 3 is 2.45 bits per heavy atom. The fraction of sp³-hybridized carbons (Fsp3) is 0.360. The molecule has 0 radical (unpaired) electrons. The van der Waals surface area contributed by atoms with Crippen LogP contribution in [0.4, 0.5) is 4.39 Å². The summed E-state index contributed by atoms with van der Waals surface area (Å²) in [5.41, 5.74) is 3.54. The first kappa shape index (κ1) is 22.6. The molecule has 1 aliphatic rings. The molecule has 1 saturated heterocycles. The lowest BCUT2D eigenvalue weighted by Crippen LogP contribution is -2.42. The number of carbonyl (C=O) groups is 2. The molecule has 0 bridgehead atoms. The molecule has 4 rings (SSSR count). The highest BCUT2D eigenvalue weighted by Gasteiger charge is 2.24. The lowest BCUT2D eigenvalue weighted by atomic mass is 9.96. The summed E-state index contributed by atoms with van der Waals surface area (Å²) < 4.78 is 15.1. The average molecular weight is 450 g/mol. The molecule has 0 saturated carbocycles. The van der Waals surface area contributed by atoms with Crippen molar-refractivity contribution < 1.29 is 14.0 Å². The van der Waals surface area contributed by atoms with Crippen molar-refractivity contribution >= 4 is 11.8 Å². The standard InChI is InChI=1S/C25H28FN5O2/c1-18(32)28-16-20-8-12-30(13-9-20)25(33)17-31-23(14-19-2-4-22(26)5-3-19)15-24(29-31)21-6-10-27-11-7-21/h2-7,10-11,15,20H,8-9,12-14,16-17H2,1H3,(H,28,32). The number of hydrogen-bond donors (Lipinski definition) is 1. The first-order chi connectivity index (χ1) is 16.0. The van der Waals surface area contributed by atoms with E-state index >= 15 is 0 Å². The maximum atomic E-state index is 13.3. The van der Waals surface area contributed by atoms with Crippen LogP contribution in [-0.4, -0.2) is 51.1 Å². The fourth-order valence-electron chi connectivity index (χ4n) is 4.11. The Kier molecular flexibility index (Phi) is 7.12. The SMILES string of the molecule is CC(=O)NCC1CCN(C(=O)Cn2nc(-c3ccncc3)cc2Cc2ccc(F)cc2)CC1. The molecule has 8 heteroatoms. The molecule has 2 aromatic heterocycles. The van der Waals surface area contributed by atoms with Gasteiger partial charge in [0.1, 0.15) is 12.4 Å². The smallest absolute Gasteiger partial charge is 0.244 e. The van der Waals surface area contributed by atoms with E-state index in [9.17, 15) is 14.0 Å². The number of nitrogens with zero attached hydrogens (tertiary/aromatic N) is 4. The third kappa shape index (κ3) is 6.03. The number of pyridine rings is 1. The summed E-state index contributed by atoms with van der Waals surface area (Å²) in [6.45, 7) is 3.68. The maximum absolute atomic E-state index is 13.3. The lowest BCUT2D eigenvalue weighted by molar-refractivity contribution is -0.133. The summed E-state index contributed by atoms with van der Waals surface area (Å²) in [5.74, 6) is 0.125. The van der Waals surface area contributed by atoms with E-state index in [2.05, 4.69) is 10.3 Å². The summed E-state index contributed by atoms with van der Waals surface area (Å²) >= 11 is 0. The zero-order chi connectivity index (χ0) is 23.2. The number of carbonyl (C=O) groups excluding carboxylic acids is 2. The Hall–Kier alpha value is -3.55. The summed E-state index contributed by atoms with van der Waals surface area (Å²) in [7, 11) is 0. The van der Waals surface area contributed by atoms with Gasteiger partial charge in [0, 0.05) is 56.6 Å². The molecule has 0 spiro atoms. The maximum Gasteiger partial charge on any atom is 0.244 e. The second-order valence-corrected chi connectivity index (χ2v) is 8.48. The van der Waals surface area contributed by atoms with Gasteiger partial charge in [-0.05, 0) is 54.7 Å². The molecule has 1 aromatic carbocycles. The van der Waals surface area contributed by atoms with E-state index in [4.69, 9.17) is 5.10 Å². The number of amides is 2. The molecule has 0 aliphatic carbocycles. The van der Waals surface area contributed by atoms with Crippen molar-refractivity contribution in [2.24, 2.45) is 5.92 Å². The second-order valence-electron chi connectivity index (χ2n) is 8.48. The molecule has 1 N–H and O–H groups in total. The van der Waals surface area contributed by atoms with Gasteiger partial charge in [-0.3, -0.25) is 19.3 Å². The Morgan fingerprint density at radius 1 is 1.09 bits per heavy atom. The number of rotatable bonds is 7. The third-order valence-corrected chi connectivity index (χ3v) is 6.03. The summed E-state index contributed by atoms with van der Waals surface area (Å²) in [6, 6.07) is 12.1. The van der Waals surface area contributed by atoms with Crippen LogP contribution in [0.25, 0.3) is 11.3 Å². The Morgan fingerprint density at radius 2 is 1.79 bits per heavy atom. The van der Waals surface area contributed by atoms with Crippen molar-refractivity contribution in [3.05, 3.63) is 71.9 Å². The number of aromatic nitrogens is 3. The molecule has 1 aliphatic heterocycles. The topological polar surface area (TPSA) is 80.1 Å². The number of piperidine rings is 1. The van der Waals surface area contributed by atoms with E-state index in [-0.39, 0.29) is 24.2 Å². The number of halogens is 1. The molecule has 3 aromatic rings. The molecular weight excluding hydrogens is 421 g/mol. The van der Waals surface area contributed by atoms with Crippen LogP contribution in [0.3, 0.4) is 0 Å². The van der Waals surface area contributed by atoms with Crippen molar-refractivity contribution in [1.29, 1.82) is 0 Å². The van der Waals surface area contributed by atoms with Crippen LogP contribution in [0, 0.1) is 11.7 Å². The van der Waals surface area contributed by atoms with Crippen LogP contribution in [0.2, 0.25) is 0 Å². The Bertz CT molecular complexity index is 1090. The van der Waals surface area contributed by atoms with E-state index in [1.807, 2.05) is 23.1 Å². The largest absolute Gasteiger partial charge is 0.356 e. The van der Waals surface area contributed by atoms with E-state index in [1.54, 1.807) is 29.2 Å². The summed E-state index contributed by atoms with van der Waals surface area (Å²) in [5, 5.41) is 7.58. The van der Waals surface area contributed by atoms with Crippen molar-refractivity contribution in [2.45, 2.75) is 32.7 Å². The lowest BCUT2D eigenvalue weighted by Gasteiger charge is -2.32. The van der Waals surface area contributed by atoms with Gasteiger partial charge in [-0.2, -0.15) is 5.10 Å². The van der Waals surface area contributed by atoms with Crippen LogP contribution >= 0.6 is 0 Å². The minimum absolute atomic E-state index is 0.0223. The predicted octanol–water partition coefficient (Wildman–Crippen LogP) is 3.05. The van der Waals surface area contributed by atoms with Crippen molar-refractivity contribution in [3.8, 4) is 11.3 Å². The van der Waals surface area contributed by atoms with Gasteiger partial charge in [0.15, 0.2) is 0 Å². The highest BCUT2D eigenvalue weighted by atomic mass is 19.1. The average Bonchev–Trinajstić information content (AvgIpc) is 3.22. The second kappa shape index (κ2) is 10.4. The van der Waals surface area contributed by atoms with Crippen LogP contribution < -0.4 is 5.32 Å². The number of benzene rings is 1. The molecular formula is C25H28FN5O2. The van der Waals surface area contributed by atoms with Crippen molar-refractivity contribution in [3.63, 3.8) is 0 Å². The van der Waals surface area contributed by atoms with Gasteiger partial charge in [0.05, 0.1) is 5.69 Å². The minimum atomic E-state index is -0.276. The highest BCUT2D eigenvalue weighted by molar-refractivity contribution is 5.76. The first-order valence-corrected chi connectivity index (χ1v) is 11.2. The molecule has 172 valence electrons. The van der Waals surface area contributed by atoms with Crippen molar-refractivity contribution in [2.75, 3.05) is 19.6 Å². The molecule has 3 heterocycles. The van der Waals surface area contributed by atoms with E-state index in [1.165, 1.54) is 19.1 Å². The Labute approximate surface area is 192 Å².